The molecule has 2 aromatic carbocycles. The largest absolute Gasteiger partial charge is 0.326 e. The number of halogens is 1. The van der Waals surface area contributed by atoms with E-state index >= 15 is 0 Å². The summed E-state index contributed by atoms with van der Waals surface area (Å²) in [5.41, 5.74) is 3.53. The first-order valence-corrected chi connectivity index (χ1v) is 7.64. The molecule has 116 valence electrons. The first kappa shape index (κ1) is 13.9. The quantitative estimate of drug-likeness (QED) is 0.721. The highest BCUT2D eigenvalue weighted by molar-refractivity contribution is 5.94. The third-order valence-corrected chi connectivity index (χ3v) is 4.68. The van der Waals surface area contributed by atoms with Crippen LogP contribution in [0.15, 0.2) is 42.6 Å². The molecule has 2 heterocycles. The molecular formula is C18H16FN3O. The normalized spacial score (nSPS) is 20.9. The third kappa shape index (κ3) is 2.38. The van der Waals surface area contributed by atoms with Crippen molar-refractivity contribution in [1.82, 2.24) is 10.2 Å². The van der Waals surface area contributed by atoms with E-state index in [1.54, 1.807) is 12.3 Å². The van der Waals surface area contributed by atoms with Crippen LogP contribution in [0, 0.1) is 11.7 Å². The molecule has 0 fully saturated rings. The molecule has 2 N–H and O–H groups in total. The van der Waals surface area contributed by atoms with E-state index in [0.717, 1.165) is 22.0 Å². The van der Waals surface area contributed by atoms with Crippen LogP contribution >= 0.6 is 0 Å². The van der Waals surface area contributed by atoms with Gasteiger partial charge in [0.15, 0.2) is 0 Å². The summed E-state index contributed by atoms with van der Waals surface area (Å²) in [6, 6.07) is 10.6. The molecule has 1 aliphatic rings. The predicted molar refractivity (Wildman–Crippen MR) is 86.7 cm³/mol. The minimum absolute atomic E-state index is 0.00856. The Labute approximate surface area is 132 Å². The van der Waals surface area contributed by atoms with Crippen LogP contribution in [0.1, 0.15) is 24.0 Å². The number of rotatable bonds is 1. The van der Waals surface area contributed by atoms with Crippen LogP contribution in [0.3, 0.4) is 0 Å². The maximum absolute atomic E-state index is 13.6. The number of carbonyl (C=O) groups is 1. The van der Waals surface area contributed by atoms with Gasteiger partial charge in [0.25, 0.3) is 0 Å². The average Bonchev–Trinajstić information content (AvgIpc) is 2.97. The highest BCUT2D eigenvalue weighted by atomic mass is 19.1. The molecule has 0 saturated carbocycles. The van der Waals surface area contributed by atoms with E-state index < -0.39 is 0 Å². The Morgan fingerprint density at radius 2 is 2.09 bits per heavy atom. The number of carbonyl (C=O) groups excluding carboxylic acids is 1. The second-order valence-corrected chi connectivity index (χ2v) is 6.11. The van der Waals surface area contributed by atoms with Crippen molar-refractivity contribution < 1.29 is 9.18 Å². The Kier molecular flexibility index (Phi) is 3.15. The fourth-order valence-corrected chi connectivity index (χ4v) is 3.29. The summed E-state index contributed by atoms with van der Waals surface area (Å²) in [5, 5.41) is 10.9. The number of hydrogen-bond acceptors (Lipinski definition) is 2. The number of anilines is 1. The van der Waals surface area contributed by atoms with E-state index in [1.807, 2.05) is 25.1 Å². The van der Waals surface area contributed by atoms with Gasteiger partial charge in [0, 0.05) is 17.0 Å². The van der Waals surface area contributed by atoms with Crippen molar-refractivity contribution in [2.24, 2.45) is 5.92 Å². The van der Waals surface area contributed by atoms with Crippen molar-refractivity contribution in [2.45, 2.75) is 19.3 Å². The SMILES string of the molecule is CC1C(=O)Nc2ccc(F)cc2CC1c1ccc2cn[nH]c2c1. The van der Waals surface area contributed by atoms with Crippen LogP contribution < -0.4 is 5.32 Å². The number of amides is 1. The Morgan fingerprint density at radius 1 is 1.22 bits per heavy atom. The van der Waals surface area contributed by atoms with Crippen molar-refractivity contribution in [2.75, 3.05) is 5.32 Å². The zero-order valence-electron chi connectivity index (χ0n) is 12.6. The number of nitrogens with one attached hydrogen (secondary N) is 2. The Hall–Kier alpha value is -2.69. The van der Waals surface area contributed by atoms with E-state index in [9.17, 15) is 9.18 Å². The summed E-state index contributed by atoms with van der Waals surface area (Å²) in [5.74, 6) is -0.531. The van der Waals surface area contributed by atoms with Gasteiger partial charge in [0.05, 0.1) is 11.7 Å². The zero-order valence-corrected chi connectivity index (χ0v) is 12.6. The summed E-state index contributed by atoms with van der Waals surface area (Å²) in [4.78, 5) is 12.4. The Bertz CT molecular complexity index is 902. The van der Waals surface area contributed by atoms with Gasteiger partial charge in [-0.3, -0.25) is 9.89 Å². The number of benzene rings is 2. The molecule has 1 aliphatic heterocycles. The molecule has 0 spiro atoms. The average molecular weight is 309 g/mol. The zero-order chi connectivity index (χ0) is 16.0. The van der Waals surface area contributed by atoms with Crippen LogP contribution in [0.4, 0.5) is 10.1 Å². The number of nitrogens with zero attached hydrogens (tertiary/aromatic N) is 1. The molecule has 4 nitrogen and oxygen atoms in total. The first-order valence-electron chi connectivity index (χ1n) is 7.64. The van der Waals surface area contributed by atoms with Gasteiger partial charge in [-0.1, -0.05) is 19.1 Å². The van der Waals surface area contributed by atoms with Gasteiger partial charge >= 0.3 is 0 Å². The van der Waals surface area contributed by atoms with Gasteiger partial charge in [0.2, 0.25) is 5.91 Å². The van der Waals surface area contributed by atoms with Gasteiger partial charge in [-0.05, 0) is 47.7 Å². The minimum atomic E-state index is -0.282. The summed E-state index contributed by atoms with van der Waals surface area (Å²) in [6.07, 6.45) is 2.39. The second kappa shape index (κ2) is 5.19. The first-order chi connectivity index (χ1) is 11.1. The van der Waals surface area contributed by atoms with Crippen molar-refractivity contribution >= 4 is 22.5 Å². The predicted octanol–water partition coefficient (Wildman–Crippen LogP) is 3.62. The maximum atomic E-state index is 13.6. The molecular weight excluding hydrogens is 293 g/mol. The molecule has 0 bridgehead atoms. The van der Waals surface area contributed by atoms with Gasteiger partial charge in [0.1, 0.15) is 5.82 Å². The van der Waals surface area contributed by atoms with Crippen LogP contribution in [0.25, 0.3) is 10.9 Å². The lowest BCUT2D eigenvalue weighted by Crippen LogP contribution is -2.24. The molecule has 1 aromatic heterocycles. The highest BCUT2D eigenvalue weighted by Gasteiger charge is 2.30. The summed E-state index contributed by atoms with van der Waals surface area (Å²) in [7, 11) is 0. The standard InChI is InChI=1S/C18H16FN3O/c1-10-15(11-2-3-12-9-20-22-17(12)8-11)7-13-6-14(19)4-5-16(13)21-18(10)23/h2-6,8-10,15H,7H2,1H3,(H,20,22)(H,21,23). The van der Waals surface area contributed by atoms with Crippen LogP contribution in [0.2, 0.25) is 0 Å². The molecule has 2 unspecified atom stereocenters. The van der Waals surface area contributed by atoms with Gasteiger partial charge in [-0.2, -0.15) is 5.10 Å². The Balaban J connectivity index is 1.80. The van der Waals surface area contributed by atoms with E-state index in [-0.39, 0.29) is 23.6 Å². The number of H-pyrrole nitrogens is 1. The topological polar surface area (TPSA) is 57.8 Å². The maximum Gasteiger partial charge on any atom is 0.227 e. The van der Waals surface area contributed by atoms with Gasteiger partial charge < -0.3 is 5.32 Å². The van der Waals surface area contributed by atoms with Crippen LogP contribution in [0.5, 0.6) is 0 Å². The minimum Gasteiger partial charge on any atom is -0.326 e. The Morgan fingerprint density at radius 3 is 2.96 bits per heavy atom. The molecule has 0 aliphatic carbocycles. The van der Waals surface area contributed by atoms with Crippen molar-refractivity contribution in [3.63, 3.8) is 0 Å². The molecule has 1 amide bonds. The summed E-state index contributed by atoms with van der Waals surface area (Å²) in [6.45, 7) is 1.92. The van der Waals surface area contributed by atoms with E-state index in [1.165, 1.54) is 12.1 Å². The van der Waals surface area contributed by atoms with Crippen LogP contribution in [-0.4, -0.2) is 16.1 Å². The smallest absolute Gasteiger partial charge is 0.227 e. The van der Waals surface area contributed by atoms with Crippen molar-refractivity contribution in [3.8, 4) is 0 Å². The van der Waals surface area contributed by atoms with E-state index in [0.29, 0.717) is 12.1 Å². The highest BCUT2D eigenvalue weighted by Crippen LogP contribution is 2.36. The van der Waals surface area contributed by atoms with Crippen molar-refractivity contribution in [3.05, 3.63) is 59.5 Å². The summed E-state index contributed by atoms with van der Waals surface area (Å²) < 4.78 is 13.6. The fraction of sp³-hybridized carbons (Fsp3) is 0.222. The molecule has 4 rings (SSSR count). The lowest BCUT2D eigenvalue weighted by atomic mass is 9.82. The second-order valence-electron chi connectivity index (χ2n) is 6.11. The van der Waals surface area contributed by atoms with Crippen molar-refractivity contribution in [1.29, 1.82) is 0 Å². The molecule has 23 heavy (non-hydrogen) atoms. The number of hydrogen-bond donors (Lipinski definition) is 2. The van der Waals surface area contributed by atoms with Crippen LogP contribution in [-0.2, 0) is 11.2 Å². The third-order valence-electron chi connectivity index (χ3n) is 4.68. The van der Waals surface area contributed by atoms with Gasteiger partial charge in [-0.25, -0.2) is 4.39 Å². The molecule has 3 aromatic rings. The monoisotopic (exact) mass is 309 g/mol. The number of fused-ring (bicyclic) bond motifs is 2. The van der Waals surface area contributed by atoms with E-state index in [4.69, 9.17) is 0 Å². The van der Waals surface area contributed by atoms with E-state index in [2.05, 4.69) is 15.5 Å². The lowest BCUT2D eigenvalue weighted by Gasteiger charge is -2.20. The number of aromatic nitrogens is 2. The molecule has 5 heteroatoms. The molecule has 2 atom stereocenters. The molecule has 0 saturated heterocycles. The molecule has 0 radical (unpaired) electrons. The lowest BCUT2D eigenvalue weighted by molar-refractivity contribution is -0.119. The summed E-state index contributed by atoms with van der Waals surface area (Å²) >= 11 is 0. The number of aromatic amines is 1. The van der Waals surface area contributed by atoms with Gasteiger partial charge in [-0.15, -0.1) is 0 Å². The fourth-order valence-electron chi connectivity index (χ4n) is 3.29.